The van der Waals surface area contributed by atoms with Gasteiger partial charge in [-0.25, -0.2) is 4.79 Å². The van der Waals surface area contributed by atoms with Crippen LogP contribution >= 0.6 is 0 Å². The summed E-state index contributed by atoms with van der Waals surface area (Å²) in [7, 11) is -3.69. The molecule has 2 aromatic carbocycles. The van der Waals surface area contributed by atoms with E-state index < -0.39 is 27.9 Å². The van der Waals surface area contributed by atoms with E-state index in [1.807, 2.05) is 65.8 Å². The molecule has 8 nitrogen and oxygen atoms in total. The fourth-order valence-corrected chi connectivity index (χ4v) is 6.62. The first-order chi connectivity index (χ1) is 16.8. The molecule has 0 spiro atoms. The number of carboxylic acids is 1. The fraction of sp³-hybridized carbons (Fsp3) is 0.519. The van der Waals surface area contributed by atoms with Crippen LogP contribution < -0.4 is 0 Å². The molecule has 0 radical (unpaired) electrons. The van der Waals surface area contributed by atoms with E-state index in [-0.39, 0.29) is 13.1 Å². The van der Waals surface area contributed by atoms with Crippen molar-refractivity contribution >= 4 is 16.2 Å². The van der Waals surface area contributed by atoms with Crippen LogP contribution in [0.25, 0.3) is 11.1 Å². The van der Waals surface area contributed by atoms with Gasteiger partial charge in [-0.1, -0.05) is 29.8 Å². The monoisotopic (exact) mass is 516 g/mol. The summed E-state index contributed by atoms with van der Waals surface area (Å²) in [6.07, 6.45) is -1.20. The number of fused-ring (bicyclic) bond motifs is 1. The molecule has 0 aromatic heterocycles. The molecule has 2 aromatic rings. The van der Waals surface area contributed by atoms with Gasteiger partial charge < -0.3 is 14.6 Å². The van der Waals surface area contributed by atoms with Crippen LogP contribution in [0.4, 0.5) is 0 Å². The zero-order valence-electron chi connectivity index (χ0n) is 21.9. The molecule has 0 bridgehead atoms. The molecule has 9 heteroatoms. The van der Waals surface area contributed by atoms with Gasteiger partial charge in [-0.2, -0.15) is 17.0 Å². The van der Waals surface area contributed by atoms with E-state index in [0.29, 0.717) is 31.9 Å². The Kier molecular flexibility index (Phi) is 7.34. The SMILES string of the molecule is Cc1ccc(-c2c(C)c3c(c(C)c2[C@H](OC(C)(C)C)C(=O)O)CN(S(=O)(=O)N2CCOCC2)C3)cc1. The molecule has 0 saturated carbocycles. The summed E-state index contributed by atoms with van der Waals surface area (Å²) < 4.78 is 41.3. The number of morpholine rings is 1. The molecule has 2 heterocycles. The molecule has 1 saturated heterocycles. The number of ether oxygens (including phenoxy) is 2. The maximum Gasteiger partial charge on any atom is 0.337 e. The van der Waals surface area contributed by atoms with E-state index in [9.17, 15) is 18.3 Å². The van der Waals surface area contributed by atoms with E-state index in [4.69, 9.17) is 9.47 Å². The van der Waals surface area contributed by atoms with E-state index >= 15 is 0 Å². The zero-order valence-corrected chi connectivity index (χ0v) is 22.7. The number of rotatable bonds is 6. The molecule has 1 N–H and O–H groups in total. The number of carbonyl (C=O) groups is 1. The van der Waals surface area contributed by atoms with Crippen LogP contribution in [0.15, 0.2) is 24.3 Å². The van der Waals surface area contributed by atoms with Gasteiger partial charge in [0.15, 0.2) is 6.10 Å². The van der Waals surface area contributed by atoms with Crippen molar-refractivity contribution < 1.29 is 27.8 Å². The number of nitrogens with zero attached hydrogens (tertiary/aromatic N) is 2. The second kappa shape index (κ2) is 9.87. The van der Waals surface area contributed by atoms with Crippen LogP contribution in [-0.2, 0) is 37.6 Å². The van der Waals surface area contributed by atoms with Crippen molar-refractivity contribution in [1.82, 2.24) is 8.61 Å². The minimum atomic E-state index is -3.69. The summed E-state index contributed by atoms with van der Waals surface area (Å²) >= 11 is 0. The van der Waals surface area contributed by atoms with Crippen LogP contribution in [0.5, 0.6) is 0 Å². The van der Waals surface area contributed by atoms with Gasteiger partial charge in [-0.3, -0.25) is 0 Å². The second-order valence-corrected chi connectivity index (χ2v) is 12.5. The summed E-state index contributed by atoms with van der Waals surface area (Å²) in [6.45, 7) is 13.2. The lowest BCUT2D eigenvalue weighted by Gasteiger charge is -2.30. The topological polar surface area (TPSA) is 96.4 Å². The van der Waals surface area contributed by atoms with Crippen LogP contribution in [-0.4, -0.2) is 60.0 Å². The lowest BCUT2D eigenvalue weighted by atomic mass is 9.83. The highest BCUT2D eigenvalue weighted by atomic mass is 32.2. The Morgan fingerprint density at radius 3 is 2.06 bits per heavy atom. The van der Waals surface area contributed by atoms with Gasteiger partial charge in [-0.05, 0) is 74.9 Å². The standard InChI is InChI=1S/C27H36N2O6S/c1-17-7-9-20(10-8-17)23-18(2)21-15-29(36(32,33)28-11-13-34-14-12-28)16-22(21)19(3)24(23)25(26(30)31)35-27(4,5)6/h7-10,25H,11-16H2,1-6H3,(H,30,31)/t25-/m0/s1. The van der Waals surface area contributed by atoms with Gasteiger partial charge in [0.25, 0.3) is 10.2 Å². The summed E-state index contributed by atoms with van der Waals surface area (Å²) in [6, 6.07) is 7.97. The molecule has 196 valence electrons. The van der Waals surface area contributed by atoms with E-state index in [2.05, 4.69) is 0 Å². The molecule has 1 atom stereocenters. The van der Waals surface area contributed by atoms with Gasteiger partial charge in [-0.15, -0.1) is 0 Å². The first kappa shape index (κ1) is 26.8. The Hall–Kier alpha value is -2.30. The number of aryl methyl sites for hydroxylation is 1. The Balaban J connectivity index is 1.89. The average molecular weight is 517 g/mol. The van der Waals surface area contributed by atoms with E-state index in [1.165, 1.54) is 8.61 Å². The van der Waals surface area contributed by atoms with Crippen molar-refractivity contribution in [2.45, 2.75) is 66.3 Å². The van der Waals surface area contributed by atoms with Gasteiger partial charge in [0.1, 0.15) is 0 Å². The molecule has 0 amide bonds. The lowest BCUT2D eigenvalue weighted by Crippen LogP contribution is -2.46. The van der Waals surface area contributed by atoms with Crippen molar-refractivity contribution in [2.24, 2.45) is 0 Å². The van der Waals surface area contributed by atoms with Crippen LogP contribution in [0.1, 0.15) is 60.3 Å². The van der Waals surface area contributed by atoms with Crippen molar-refractivity contribution in [2.75, 3.05) is 26.3 Å². The lowest BCUT2D eigenvalue weighted by molar-refractivity contribution is -0.160. The minimum absolute atomic E-state index is 0.199. The van der Waals surface area contributed by atoms with Gasteiger partial charge in [0, 0.05) is 31.7 Å². The maximum absolute atomic E-state index is 13.5. The number of aliphatic carboxylic acids is 1. The highest BCUT2D eigenvalue weighted by molar-refractivity contribution is 7.86. The molecule has 0 aliphatic carbocycles. The predicted octanol–water partition coefficient (Wildman–Crippen LogP) is 4.11. The summed E-state index contributed by atoms with van der Waals surface area (Å²) in [5, 5.41) is 10.3. The molecule has 0 unspecified atom stereocenters. The van der Waals surface area contributed by atoms with E-state index in [0.717, 1.165) is 38.9 Å². The van der Waals surface area contributed by atoms with Crippen molar-refractivity contribution in [1.29, 1.82) is 0 Å². The average Bonchev–Trinajstić information content (AvgIpc) is 3.28. The Morgan fingerprint density at radius 1 is 0.972 bits per heavy atom. The van der Waals surface area contributed by atoms with Crippen molar-refractivity contribution in [3.05, 3.63) is 57.6 Å². The van der Waals surface area contributed by atoms with Crippen molar-refractivity contribution in [3.8, 4) is 11.1 Å². The first-order valence-electron chi connectivity index (χ1n) is 12.3. The molecular weight excluding hydrogens is 480 g/mol. The molecular formula is C27H36N2O6S. The maximum atomic E-state index is 13.5. The zero-order chi connectivity index (χ0) is 26.4. The van der Waals surface area contributed by atoms with Crippen LogP contribution in [0.2, 0.25) is 0 Å². The summed E-state index contributed by atoms with van der Waals surface area (Å²) in [4.78, 5) is 12.6. The van der Waals surface area contributed by atoms with Gasteiger partial charge >= 0.3 is 5.97 Å². The molecule has 1 fully saturated rings. The van der Waals surface area contributed by atoms with Crippen LogP contribution in [0, 0.1) is 20.8 Å². The third-order valence-electron chi connectivity index (χ3n) is 6.91. The smallest absolute Gasteiger partial charge is 0.337 e. The largest absolute Gasteiger partial charge is 0.479 e. The minimum Gasteiger partial charge on any atom is -0.479 e. The predicted molar refractivity (Wildman–Crippen MR) is 138 cm³/mol. The number of hydrogen-bond donors (Lipinski definition) is 1. The van der Waals surface area contributed by atoms with E-state index in [1.54, 1.807) is 0 Å². The second-order valence-electron chi connectivity index (χ2n) is 10.6. The highest BCUT2D eigenvalue weighted by Gasteiger charge is 2.40. The van der Waals surface area contributed by atoms with Crippen molar-refractivity contribution in [3.63, 3.8) is 0 Å². The normalized spacial score (nSPS) is 18.3. The first-order valence-corrected chi connectivity index (χ1v) is 13.7. The molecule has 2 aliphatic rings. The third-order valence-corrected chi connectivity index (χ3v) is 8.84. The molecule has 4 rings (SSSR count). The molecule has 2 aliphatic heterocycles. The van der Waals surface area contributed by atoms with Gasteiger partial charge in [0.2, 0.25) is 0 Å². The van der Waals surface area contributed by atoms with Crippen LogP contribution in [0.3, 0.4) is 0 Å². The summed E-state index contributed by atoms with van der Waals surface area (Å²) in [5.74, 6) is -1.07. The Morgan fingerprint density at radius 2 is 1.53 bits per heavy atom. The Labute approximate surface area is 214 Å². The quantitative estimate of drug-likeness (QED) is 0.621. The number of carboxylic acid groups (broad SMARTS) is 1. The number of benzene rings is 2. The number of hydrogen-bond acceptors (Lipinski definition) is 5. The molecule has 36 heavy (non-hydrogen) atoms. The third kappa shape index (κ3) is 5.08. The highest BCUT2D eigenvalue weighted by Crippen LogP contribution is 2.44. The fourth-order valence-electron chi connectivity index (χ4n) is 5.10. The van der Waals surface area contributed by atoms with Gasteiger partial charge in [0.05, 0.1) is 18.8 Å². The Bertz CT molecular complexity index is 1260. The summed E-state index contributed by atoms with van der Waals surface area (Å²) in [5.41, 5.74) is 6.12.